The van der Waals surface area contributed by atoms with Gasteiger partial charge in [-0.1, -0.05) is 6.07 Å². The first kappa shape index (κ1) is 10.1. The van der Waals surface area contributed by atoms with Gasteiger partial charge < -0.3 is 4.57 Å². The fraction of sp³-hybridized carbons (Fsp3) is 0.273. The molecule has 0 aliphatic carbocycles. The topological polar surface area (TPSA) is 34.9 Å². The highest BCUT2D eigenvalue weighted by molar-refractivity contribution is 7.12. The molecule has 0 spiro atoms. The second-order valence-electron chi connectivity index (χ2n) is 3.47. The van der Waals surface area contributed by atoms with E-state index >= 15 is 0 Å². The maximum atomic E-state index is 12.0. The molecule has 78 valence electrons. The first-order valence-corrected chi connectivity index (χ1v) is 5.57. The van der Waals surface area contributed by atoms with Crippen LogP contribution in [0.15, 0.2) is 17.5 Å². The summed E-state index contributed by atoms with van der Waals surface area (Å²) in [4.78, 5) is 17.0. The molecule has 2 heterocycles. The van der Waals surface area contributed by atoms with E-state index < -0.39 is 0 Å². The minimum absolute atomic E-state index is 0.00343. The second-order valence-corrected chi connectivity index (χ2v) is 4.42. The van der Waals surface area contributed by atoms with Crippen molar-refractivity contribution in [2.45, 2.75) is 13.8 Å². The molecule has 3 nitrogen and oxygen atoms in total. The van der Waals surface area contributed by atoms with Crippen LogP contribution in [-0.2, 0) is 7.05 Å². The molecule has 0 aliphatic heterocycles. The lowest BCUT2D eigenvalue weighted by Crippen LogP contribution is -2.08. The second kappa shape index (κ2) is 3.62. The van der Waals surface area contributed by atoms with Gasteiger partial charge in [0.1, 0.15) is 0 Å². The Bertz CT molecular complexity index is 497. The Morgan fingerprint density at radius 3 is 2.67 bits per heavy atom. The molecule has 0 unspecified atom stereocenters. The number of ketones is 1. The van der Waals surface area contributed by atoms with Crippen LogP contribution >= 0.6 is 11.3 Å². The Kier molecular flexibility index (Phi) is 2.44. The molecule has 4 heteroatoms. The molecule has 0 aliphatic rings. The number of carbonyl (C=O) groups is 1. The number of thiophene rings is 1. The number of aromatic nitrogens is 2. The van der Waals surface area contributed by atoms with E-state index in [-0.39, 0.29) is 5.78 Å². The summed E-state index contributed by atoms with van der Waals surface area (Å²) in [5.74, 6) is 0.524. The maximum absolute atomic E-state index is 12.0. The summed E-state index contributed by atoms with van der Waals surface area (Å²) >= 11 is 1.45. The predicted octanol–water partition coefficient (Wildman–Crippen LogP) is 2.33. The first-order chi connectivity index (χ1) is 7.11. The molecule has 0 radical (unpaired) electrons. The first-order valence-electron chi connectivity index (χ1n) is 4.69. The Morgan fingerprint density at radius 1 is 1.47 bits per heavy atom. The van der Waals surface area contributed by atoms with Crippen LogP contribution in [0.2, 0.25) is 0 Å². The van der Waals surface area contributed by atoms with Gasteiger partial charge in [0.15, 0.2) is 5.82 Å². The largest absolute Gasteiger partial charge is 0.328 e. The van der Waals surface area contributed by atoms with Crippen molar-refractivity contribution in [1.29, 1.82) is 0 Å². The molecule has 0 saturated carbocycles. The fourth-order valence-electron chi connectivity index (χ4n) is 1.44. The lowest BCUT2D eigenvalue weighted by molar-refractivity contribution is 0.103. The SMILES string of the molecule is Cc1nc(C(=O)c2cccs2)n(C)c1C. The van der Waals surface area contributed by atoms with Gasteiger partial charge in [0, 0.05) is 12.7 Å². The summed E-state index contributed by atoms with van der Waals surface area (Å²) in [5.41, 5.74) is 1.95. The summed E-state index contributed by atoms with van der Waals surface area (Å²) in [5, 5.41) is 1.90. The van der Waals surface area contributed by atoms with Crippen LogP contribution in [-0.4, -0.2) is 15.3 Å². The number of hydrogen-bond donors (Lipinski definition) is 0. The average molecular weight is 220 g/mol. The van der Waals surface area contributed by atoms with E-state index in [1.54, 1.807) is 0 Å². The van der Waals surface area contributed by atoms with Crippen LogP contribution in [0.1, 0.15) is 26.9 Å². The van der Waals surface area contributed by atoms with Gasteiger partial charge in [-0.25, -0.2) is 4.98 Å². The van der Waals surface area contributed by atoms with Crippen LogP contribution in [0.25, 0.3) is 0 Å². The van der Waals surface area contributed by atoms with Crippen LogP contribution < -0.4 is 0 Å². The third-order valence-corrected chi connectivity index (χ3v) is 3.43. The van der Waals surface area contributed by atoms with E-state index in [0.717, 1.165) is 16.3 Å². The summed E-state index contributed by atoms with van der Waals surface area (Å²) in [6, 6.07) is 3.70. The van der Waals surface area contributed by atoms with E-state index in [9.17, 15) is 4.79 Å². The van der Waals surface area contributed by atoms with Gasteiger partial charge in [-0.3, -0.25) is 4.79 Å². The Balaban J connectivity index is 2.47. The third kappa shape index (κ3) is 1.61. The summed E-state index contributed by atoms with van der Waals surface area (Å²) < 4.78 is 1.84. The Hall–Kier alpha value is -1.42. The minimum atomic E-state index is 0.00343. The minimum Gasteiger partial charge on any atom is -0.328 e. The number of imidazole rings is 1. The van der Waals surface area contributed by atoms with Crippen molar-refractivity contribution in [3.63, 3.8) is 0 Å². The van der Waals surface area contributed by atoms with Crippen LogP contribution in [0, 0.1) is 13.8 Å². The number of rotatable bonds is 2. The summed E-state index contributed by atoms with van der Waals surface area (Å²) in [7, 11) is 1.87. The zero-order valence-electron chi connectivity index (χ0n) is 8.94. The lowest BCUT2D eigenvalue weighted by atomic mass is 10.3. The van der Waals surface area contributed by atoms with E-state index in [0.29, 0.717) is 5.82 Å². The zero-order valence-corrected chi connectivity index (χ0v) is 9.76. The zero-order chi connectivity index (χ0) is 11.0. The van der Waals surface area contributed by atoms with E-state index in [1.807, 2.05) is 43.0 Å². The molecule has 2 aromatic rings. The fourth-order valence-corrected chi connectivity index (χ4v) is 2.10. The Morgan fingerprint density at radius 2 is 2.20 bits per heavy atom. The van der Waals surface area contributed by atoms with Crippen molar-refractivity contribution in [3.8, 4) is 0 Å². The molecular formula is C11H12N2OS. The molecule has 15 heavy (non-hydrogen) atoms. The smallest absolute Gasteiger partial charge is 0.238 e. The van der Waals surface area contributed by atoms with Crippen LogP contribution in [0.5, 0.6) is 0 Å². The van der Waals surface area contributed by atoms with Gasteiger partial charge in [-0.05, 0) is 25.3 Å². The highest BCUT2D eigenvalue weighted by atomic mass is 32.1. The average Bonchev–Trinajstić information content (AvgIpc) is 2.82. The summed E-state index contributed by atoms with van der Waals surface area (Å²) in [6.07, 6.45) is 0. The van der Waals surface area contributed by atoms with Crippen molar-refractivity contribution in [1.82, 2.24) is 9.55 Å². The van der Waals surface area contributed by atoms with Gasteiger partial charge in [0.25, 0.3) is 0 Å². The van der Waals surface area contributed by atoms with Gasteiger partial charge in [-0.15, -0.1) is 11.3 Å². The lowest BCUT2D eigenvalue weighted by Gasteiger charge is -1.99. The predicted molar refractivity (Wildman–Crippen MR) is 60.4 cm³/mol. The number of nitrogens with zero attached hydrogens (tertiary/aromatic N) is 2. The van der Waals surface area contributed by atoms with E-state index in [1.165, 1.54) is 11.3 Å². The maximum Gasteiger partial charge on any atom is 0.238 e. The van der Waals surface area contributed by atoms with E-state index in [2.05, 4.69) is 4.98 Å². The quantitative estimate of drug-likeness (QED) is 0.728. The third-order valence-electron chi connectivity index (χ3n) is 2.57. The van der Waals surface area contributed by atoms with Gasteiger partial charge >= 0.3 is 0 Å². The highest BCUT2D eigenvalue weighted by Crippen LogP contribution is 2.16. The normalized spacial score (nSPS) is 10.6. The molecule has 0 bridgehead atoms. The van der Waals surface area contributed by atoms with Gasteiger partial charge in [0.2, 0.25) is 5.78 Å². The molecule has 0 aromatic carbocycles. The van der Waals surface area contributed by atoms with Crippen LogP contribution in [0.3, 0.4) is 0 Å². The van der Waals surface area contributed by atoms with Crippen LogP contribution in [0.4, 0.5) is 0 Å². The van der Waals surface area contributed by atoms with E-state index in [4.69, 9.17) is 0 Å². The molecule has 0 amide bonds. The molecule has 0 atom stereocenters. The van der Waals surface area contributed by atoms with Gasteiger partial charge in [-0.2, -0.15) is 0 Å². The highest BCUT2D eigenvalue weighted by Gasteiger charge is 2.17. The number of aryl methyl sites for hydroxylation is 1. The molecule has 0 fully saturated rings. The monoisotopic (exact) mass is 220 g/mol. The molecule has 0 saturated heterocycles. The molecule has 2 aromatic heterocycles. The molecular weight excluding hydrogens is 208 g/mol. The number of carbonyl (C=O) groups excluding carboxylic acids is 1. The summed E-state index contributed by atoms with van der Waals surface area (Å²) in [6.45, 7) is 3.88. The van der Waals surface area contributed by atoms with Gasteiger partial charge in [0.05, 0.1) is 10.6 Å². The standard InChI is InChI=1S/C11H12N2OS/c1-7-8(2)13(3)11(12-7)10(14)9-5-4-6-15-9/h4-6H,1-3H3. The number of hydrogen-bond acceptors (Lipinski definition) is 3. The molecule has 0 N–H and O–H groups in total. The van der Waals surface area contributed by atoms with Crippen molar-refractivity contribution < 1.29 is 4.79 Å². The van der Waals surface area contributed by atoms with Crippen molar-refractivity contribution >= 4 is 17.1 Å². The van der Waals surface area contributed by atoms with Crippen molar-refractivity contribution in [2.75, 3.05) is 0 Å². The molecule has 2 rings (SSSR count). The van der Waals surface area contributed by atoms with Crippen molar-refractivity contribution in [2.24, 2.45) is 7.05 Å². The van der Waals surface area contributed by atoms with Crippen molar-refractivity contribution in [3.05, 3.63) is 39.6 Å². The Labute approximate surface area is 92.4 Å².